The lowest BCUT2D eigenvalue weighted by molar-refractivity contribution is 1.30. The van der Waals surface area contributed by atoms with E-state index in [4.69, 9.17) is 11.6 Å². The van der Waals surface area contributed by atoms with Gasteiger partial charge in [-0.3, -0.25) is 4.98 Å². The van der Waals surface area contributed by atoms with E-state index in [1.54, 1.807) is 12.4 Å². The van der Waals surface area contributed by atoms with Crippen LogP contribution in [-0.2, 0) is 0 Å². The lowest BCUT2D eigenvalue weighted by Gasteiger charge is -1.94. The molecule has 0 fully saturated rings. The molecule has 1 heterocycles. The highest BCUT2D eigenvalue weighted by atomic mass is 79.9. The van der Waals surface area contributed by atoms with Crippen molar-refractivity contribution in [3.63, 3.8) is 0 Å². The molecule has 0 saturated heterocycles. The zero-order valence-corrected chi connectivity index (χ0v) is 8.14. The second-order valence-electron chi connectivity index (χ2n) is 1.95. The second kappa shape index (κ2) is 4.52. The Bertz CT molecular complexity index is 260. The molecule has 0 aromatic carbocycles. The van der Waals surface area contributed by atoms with Gasteiger partial charge in [0.2, 0.25) is 0 Å². The Morgan fingerprint density at radius 2 is 2.45 bits per heavy atom. The molecule has 3 heteroatoms. The largest absolute Gasteiger partial charge is 0.264 e. The highest BCUT2D eigenvalue weighted by Gasteiger charge is 1.91. The molecular weight excluding hydrogens is 225 g/mol. The zero-order valence-electron chi connectivity index (χ0n) is 5.80. The Morgan fingerprint density at radius 1 is 1.64 bits per heavy atom. The van der Waals surface area contributed by atoms with Gasteiger partial charge in [0, 0.05) is 22.7 Å². The van der Waals surface area contributed by atoms with E-state index in [2.05, 4.69) is 20.9 Å². The second-order valence-corrected chi connectivity index (χ2v) is 3.12. The van der Waals surface area contributed by atoms with Gasteiger partial charge in [-0.05, 0) is 27.6 Å². The fourth-order valence-corrected chi connectivity index (χ4v) is 1.16. The minimum atomic E-state index is 0.536. The highest BCUT2D eigenvalue weighted by molar-refractivity contribution is 9.10. The smallest absolute Gasteiger partial charge is 0.0431 e. The lowest BCUT2D eigenvalue weighted by atomic mass is 10.2. The summed E-state index contributed by atoms with van der Waals surface area (Å²) in [5, 5.41) is 0. The maximum Gasteiger partial charge on any atom is 0.0431 e. The number of hydrogen-bond donors (Lipinski definition) is 0. The van der Waals surface area contributed by atoms with Crippen LogP contribution in [0, 0.1) is 0 Å². The molecule has 11 heavy (non-hydrogen) atoms. The molecule has 1 nitrogen and oxygen atoms in total. The van der Waals surface area contributed by atoms with E-state index in [-0.39, 0.29) is 0 Å². The van der Waals surface area contributed by atoms with Crippen LogP contribution in [0.3, 0.4) is 0 Å². The molecule has 0 aliphatic carbocycles. The molecule has 0 spiro atoms. The van der Waals surface area contributed by atoms with Gasteiger partial charge in [-0.2, -0.15) is 0 Å². The molecule has 1 aromatic rings. The molecule has 0 aliphatic rings. The van der Waals surface area contributed by atoms with E-state index < -0.39 is 0 Å². The fraction of sp³-hybridized carbons (Fsp3) is 0.125. The van der Waals surface area contributed by atoms with Gasteiger partial charge in [-0.25, -0.2) is 0 Å². The van der Waals surface area contributed by atoms with Crippen LogP contribution in [0.2, 0.25) is 0 Å². The Hall–Kier alpha value is -0.340. The molecule has 0 radical (unpaired) electrons. The van der Waals surface area contributed by atoms with Crippen molar-refractivity contribution in [2.45, 2.75) is 0 Å². The molecule has 0 amide bonds. The van der Waals surface area contributed by atoms with Gasteiger partial charge in [0.05, 0.1) is 0 Å². The van der Waals surface area contributed by atoms with Gasteiger partial charge in [0.15, 0.2) is 0 Å². The predicted molar refractivity (Wildman–Crippen MR) is 51.7 cm³/mol. The molecule has 1 rings (SSSR count). The summed E-state index contributed by atoms with van der Waals surface area (Å²) < 4.78 is 0.987. The summed E-state index contributed by atoms with van der Waals surface area (Å²) >= 11 is 8.86. The maximum atomic E-state index is 5.49. The van der Waals surface area contributed by atoms with Crippen molar-refractivity contribution >= 4 is 33.6 Å². The lowest BCUT2D eigenvalue weighted by Crippen LogP contribution is -1.76. The molecule has 1 aromatic heterocycles. The first-order valence-electron chi connectivity index (χ1n) is 3.16. The van der Waals surface area contributed by atoms with Crippen molar-refractivity contribution in [1.29, 1.82) is 0 Å². The molecule has 58 valence electrons. The van der Waals surface area contributed by atoms with Gasteiger partial charge in [-0.15, -0.1) is 11.6 Å². The van der Waals surface area contributed by atoms with E-state index in [1.807, 2.05) is 18.2 Å². The van der Waals surface area contributed by atoms with Crippen LogP contribution >= 0.6 is 27.5 Å². The van der Waals surface area contributed by atoms with Gasteiger partial charge >= 0.3 is 0 Å². The number of pyridine rings is 1. The number of rotatable bonds is 2. The van der Waals surface area contributed by atoms with E-state index in [9.17, 15) is 0 Å². The number of alkyl halides is 1. The Balaban J connectivity index is 2.86. The van der Waals surface area contributed by atoms with Crippen molar-refractivity contribution in [3.8, 4) is 0 Å². The number of aromatic nitrogens is 1. The van der Waals surface area contributed by atoms with Crippen molar-refractivity contribution in [3.05, 3.63) is 34.6 Å². The molecule has 0 N–H and O–H groups in total. The average Bonchev–Trinajstić information content (AvgIpc) is 2.03. The minimum Gasteiger partial charge on any atom is -0.264 e. The minimum absolute atomic E-state index is 0.536. The Morgan fingerprint density at radius 3 is 3.09 bits per heavy atom. The van der Waals surface area contributed by atoms with Gasteiger partial charge in [-0.1, -0.05) is 12.2 Å². The van der Waals surface area contributed by atoms with Crippen molar-refractivity contribution < 1.29 is 0 Å². The van der Waals surface area contributed by atoms with E-state index in [0.29, 0.717) is 5.88 Å². The van der Waals surface area contributed by atoms with E-state index >= 15 is 0 Å². The first-order chi connectivity index (χ1) is 5.34. The van der Waals surface area contributed by atoms with Crippen LogP contribution in [0.5, 0.6) is 0 Å². The topological polar surface area (TPSA) is 12.9 Å². The molecule has 0 bridgehead atoms. The van der Waals surface area contributed by atoms with Crippen LogP contribution in [0.1, 0.15) is 5.56 Å². The van der Waals surface area contributed by atoms with Crippen molar-refractivity contribution in [2.24, 2.45) is 0 Å². The third-order valence-corrected chi connectivity index (χ3v) is 2.03. The van der Waals surface area contributed by atoms with Crippen LogP contribution in [0.4, 0.5) is 0 Å². The van der Waals surface area contributed by atoms with Crippen LogP contribution < -0.4 is 0 Å². The summed E-state index contributed by atoms with van der Waals surface area (Å²) in [5.74, 6) is 0.536. The van der Waals surface area contributed by atoms with E-state index in [1.165, 1.54) is 0 Å². The normalized spacial score (nSPS) is 10.7. The van der Waals surface area contributed by atoms with Crippen LogP contribution in [0.25, 0.3) is 6.08 Å². The average molecular weight is 233 g/mol. The maximum absolute atomic E-state index is 5.49. The summed E-state index contributed by atoms with van der Waals surface area (Å²) in [6, 6.07) is 1.92. The zero-order chi connectivity index (χ0) is 8.10. The monoisotopic (exact) mass is 231 g/mol. The van der Waals surface area contributed by atoms with Crippen LogP contribution in [-0.4, -0.2) is 10.9 Å². The van der Waals surface area contributed by atoms with Gasteiger partial charge in [0.25, 0.3) is 0 Å². The van der Waals surface area contributed by atoms with Gasteiger partial charge < -0.3 is 0 Å². The molecule has 0 aliphatic heterocycles. The number of hydrogen-bond acceptors (Lipinski definition) is 1. The summed E-state index contributed by atoms with van der Waals surface area (Å²) in [7, 11) is 0. The fourth-order valence-electron chi connectivity index (χ4n) is 0.693. The van der Waals surface area contributed by atoms with Crippen molar-refractivity contribution in [2.75, 3.05) is 5.88 Å². The quantitative estimate of drug-likeness (QED) is 0.714. The Labute approximate surface area is 79.2 Å². The standard InChI is InChI=1S/C8H7BrClN/c9-8-6-11-5-3-7(8)2-1-4-10/h1-3,5-6H,4H2. The third kappa shape index (κ3) is 2.64. The first-order valence-corrected chi connectivity index (χ1v) is 4.49. The number of nitrogens with zero attached hydrogens (tertiary/aromatic N) is 1. The summed E-state index contributed by atoms with van der Waals surface area (Å²) in [6.07, 6.45) is 7.35. The first kappa shape index (κ1) is 8.75. The highest BCUT2D eigenvalue weighted by Crippen LogP contribution is 2.15. The SMILES string of the molecule is ClCC=Cc1ccncc1Br. The molecule has 0 saturated carbocycles. The van der Waals surface area contributed by atoms with Crippen LogP contribution in [0.15, 0.2) is 29.0 Å². The summed E-state index contributed by atoms with van der Waals surface area (Å²) in [4.78, 5) is 3.94. The molecule has 0 atom stereocenters. The van der Waals surface area contributed by atoms with Gasteiger partial charge in [0.1, 0.15) is 0 Å². The number of allylic oxidation sites excluding steroid dienone is 1. The third-order valence-electron chi connectivity index (χ3n) is 1.19. The molecular formula is C8H7BrClN. The summed E-state index contributed by atoms with van der Waals surface area (Å²) in [6.45, 7) is 0. The van der Waals surface area contributed by atoms with Crippen molar-refractivity contribution in [1.82, 2.24) is 4.98 Å². The summed E-state index contributed by atoms with van der Waals surface area (Å²) in [5.41, 5.74) is 1.10. The Kier molecular flexibility index (Phi) is 3.60. The predicted octanol–water partition coefficient (Wildman–Crippen LogP) is 3.10. The van der Waals surface area contributed by atoms with E-state index in [0.717, 1.165) is 10.0 Å². The molecule has 0 unspecified atom stereocenters. The number of halogens is 2.